The van der Waals surface area contributed by atoms with Gasteiger partial charge in [0.1, 0.15) is 5.82 Å². The van der Waals surface area contributed by atoms with Crippen molar-refractivity contribution >= 4 is 29.2 Å². The molecule has 2 rings (SSSR count). The number of anilines is 1. The molecule has 0 atom stereocenters. The molecule has 3 N–H and O–H groups in total. The van der Waals surface area contributed by atoms with E-state index in [-0.39, 0.29) is 5.56 Å². The van der Waals surface area contributed by atoms with E-state index in [0.29, 0.717) is 10.7 Å². The van der Waals surface area contributed by atoms with Crippen molar-refractivity contribution in [1.29, 1.82) is 0 Å². The van der Waals surface area contributed by atoms with E-state index in [9.17, 15) is 14.0 Å². The molecule has 3 amide bonds. The number of halogens is 2. The van der Waals surface area contributed by atoms with E-state index in [1.54, 1.807) is 24.3 Å². The normalized spacial score (nSPS) is 9.39. The van der Waals surface area contributed by atoms with Gasteiger partial charge in [-0.25, -0.2) is 9.18 Å². The quantitative estimate of drug-likeness (QED) is 0.787. The molecule has 7 heteroatoms. The fourth-order valence-corrected chi connectivity index (χ4v) is 1.64. The second kappa shape index (κ2) is 9.55. The minimum absolute atomic E-state index is 0.196. The zero-order valence-corrected chi connectivity index (χ0v) is 13.4. The van der Waals surface area contributed by atoms with Gasteiger partial charge in [-0.05, 0) is 50.5 Å². The number of hydrogen-bond acceptors (Lipinski definition) is 3. The Bertz CT molecular complexity index is 663. The highest BCUT2D eigenvalue weighted by Gasteiger charge is 2.13. The van der Waals surface area contributed by atoms with Crippen LogP contribution < -0.4 is 16.0 Å². The summed E-state index contributed by atoms with van der Waals surface area (Å²) in [6.45, 7) is 0. The van der Waals surface area contributed by atoms with Crippen LogP contribution in [0.4, 0.5) is 14.9 Å². The van der Waals surface area contributed by atoms with Gasteiger partial charge in [-0.2, -0.15) is 0 Å². The van der Waals surface area contributed by atoms with Crippen molar-refractivity contribution in [1.82, 2.24) is 10.6 Å². The molecule has 2 aromatic carbocycles. The van der Waals surface area contributed by atoms with Gasteiger partial charge >= 0.3 is 6.03 Å². The number of hydrogen-bond donors (Lipinski definition) is 3. The van der Waals surface area contributed by atoms with Crippen LogP contribution in [0.2, 0.25) is 5.02 Å². The zero-order chi connectivity index (χ0) is 17.2. The molecule has 0 radical (unpaired) electrons. The van der Waals surface area contributed by atoms with Crippen molar-refractivity contribution in [3.63, 3.8) is 0 Å². The summed E-state index contributed by atoms with van der Waals surface area (Å²) in [6.07, 6.45) is 0. The van der Waals surface area contributed by atoms with Crippen molar-refractivity contribution in [3.8, 4) is 0 Å². The Hall–Kier alpha value is -2.44. The number of urea groups is 1. The van der Waals surface area contributed by atoms with Gasteiger partial charge in [-0.1, -0.05) is 23.7 Å². The van der Waals surface area contributed by atoms with Crippen LogP contribution in [0.5, 0.6) is 0 Å². The first kappa shape index (κ1) is 18.6. The van der Waals surface area contributed by atoms with Gasteiger partial charge in [0.2, 0.25) is 0 Å². The fourth-order valence-electron chi connectivity index (χ4n) is 1.51. The van der Waals surface area contributed by atoms with Gasteiger partial charge < -0.3 is 10.6 Å². The number of rotatable bonds is 2. The van der Waals surface area contributed by atoms with Crippen molar-refractivity contribution < 1.29 is 14.0 Å². The molecule has 0 aromatic heterocycles. The third-order valence-electron chi connectivity index (χ3n) is 2.45. The molecule has 0 bridgehead atoms. The van der Waals surface area contributed by atoms with Gasteiger partial charge in [0.25, 0.3) is 5.91 Å². The molecule has 0 heterocycles. The van der Waals surface area contributed by atoms with Crippen molar-refractivity contribution in [2.24, 2.45) is 0 Å². The Morgan fingerprint density at radius 2 is 1.57 bits per heavy atom. The Balaban J connectivity index is 0.000000816. The third-order valence-corrected chi connectivity index (χ3v) is 2.70. The third kappa shape index (κ3) is 6.46. The SMILES string of the molecule is CNC.O=C(NC(=O)c1ccccc1F)Nc1ccc(Cl)cc1. The minimum atomic E-state index is -0.811. The summed E-state index contributed by atoms with van der Waals surface area (Å²) in [6, 6.07) is 11.0. The largest absolute Gasteiger partial charge is 0.326 e. The molecule has 0 aliphatic carbocycles. The van der Waals surface area contributed by atoms with E-state index >= 15 is 0 Å². The topological polar surface area (TPSA) is 70.2 Å². The van der Waals surface area contributed by atoms with Crippen LogP contribution in [0.1, 0.15) is 10.4 Å². The van der Waals surface area contributed by atoms with Gasteiger partial charge in [0.15, 0.2) is 0 Å². The first-order chi connectivity index (χ1) is 11.0. The maximum Gasteiger partial charge on any atom is 0.326 e. The van der Waals surface area contributed by atoms with E-state index < -0.39 is 17.8 Å². The molecule has 122 valence electrons. The summed E-state index contributed by atoms with van der Waals surface area (Å²) in [5.74, 6) is -1.50. The Kier molecular flexibility index (Phi) is 7.73. The van der Waals surface area contributed by atoms with Crippen LogP contribution in [0, 0.1) is 5.82 Å². The molecule has 0 aliphatic heterocycles. The van der Waals surface area contributed by atoms with Crippen molar-refractivity contribution in [3.05, 3.63) is 64.9 Å². The Morgan fingerprint density at radius 1 is 1.00 bits per heavy atom. The van der Waals surface area contributed by atoms with Gasteiger partial charge in [0, 0.05) is 10.7 Å². The van der Waals surface area contributed by atoms with Crippen LogP contribution >= 0.6 is 11.6 Å². The summed E-state index contributed by atoms with van der Waals surface area (Å²) < 4.78 is 13.4. The molecule has 0 spiro atoms. The molecule has 0 saturated carbocycles. The summed E-state index contributed by atoms with van der Waals surface area (Å²) in [4.78, 5) is 23.3. The molecule has 0 saturated heterocycles. The summed E-state index contributed by atoms with van der Waals surface area (Å²) in [5, 5.41) is 7.75. The lowest BCUT2D eigenvalue weighted by atomic mass is 10.2. The standard InChI is InChI=1S/C14H10ClFN2O2.C2H7N/c15-9-5-7-10(8-6-9)17-14(20)18-13(19)11-3-1-2-4-12(11)16;1-3-2/h1-8H,(H2,17,18,19,20);3H,1-2H3. The van der Waals surface area contributed by atoms with Crippen LogP contribution in [-0.4, -0.2) is 26.0 Å². The summed E-state index contributed by atoms with van der Waals surface area (Å²) in [5.41, 5.74) is 0.270. The van der Waals surface area contributed by atoms with Gasteiger partial charge in [-0.3, -0.25) is 10.1 Å². The molecule has 23 heavy (non-hydrogen) atoms. The molecule has 0 unspecified atom stereocenters. The minimum Gasteiger partial charge on any atom is -0.323 e. The van der Waals surface area contributed by atoms with Crippen LogP contribution in [0.15, 0.2) is 48.5 Å². The number of benzene rings is 2. The lowest BCUT2D eigenvalue weighted by molar-refractivity contribution is 0.0963. The summed E-state index contributed by atoms with van der Waals surface area (Å²) in [7, 11) is 3.75. The maximum atomic E-state index is 13.4. The maximum absolute atomic E-state index is 13.4. The second-order valence-corrected chi connectivity index (χ2v) is 4.83. The predicted octanol–water partition coefficient (Wildman–Crippen LogP) is 3.28. The Morgan fingerprint density at radius 3 is 2.13 bits per heavy atom. The molecular formula is C16H17ClFN3O2. The molecule has 0 fully saturated rings. The second-order valence-electron chi connectivity index (χ2n) is 4.39. The smallest absolute Gasteiger partial charge is 0.323 e. The highest BCUT2D eigenvalue weighted by molar-refractivity contribution is 6.30. The van der Waals surface area contributed by atoms with Crippen molar-refractivity contribution in [2.75, 3.05) is 19.4 Å². The lowest BCUT2D eigenvalue weighted by Crippen LogP contribution is -2.34. The molecule has 5 nitrogen and oxygen atoms in total. The van der Waals surface area contributed by atoms with E-state index in [2.05, 4.69) is 10.6 Å². The summed E-state index contributed by atoms with van der Waals surface area (Å²) >= 11 is 5.71. The van der Waals surface area contributed by atoms with Crippen molar-refractivity contribution in [2.45, 2.75) is 0 Å². The van der Waals surface area contributed by atoms with Crippen LogP contribution in [0.25, 0.3) is 0 Å². The number of carbonyl (C=O) groups excluding carboxylic acids is 2. The predicted molar refractivity (Wildman–Crippen MR) is 89.3 cm³/mol. The average molecular weight is 338 g/mol. The first-order valence-electron chi connectivity index (χ1n) is 6.68. The lowest BCUT2D eigenvalue weighted by Gasteiger charge is -2.07. The van der Waals surface area contributed by atoms with E-state index in [1.807, 2.05) is 19.4 Å². The van der Waals surface area contributed by atoms with Crippen LogP contribution in [0.3, 0.4) is 0 Å². The van der Waals surface area contributed by atoms with Gasteiger partial charge in [0.05, 0.1) is 5.56 Å². The van der Waals surface area contributed by atoms with Gasteiger partial charge in [-0.15, -0.1) is 0 Å². The number of carbonyl (C=O) groups is 2. The highest BCUT2D eigenvalue weighted by atomic mass is 35.5. The van der Waals surface area contributed by atoms with E-state index in [0.717, 1.165) is 6.07 Å². The first-order valence-corrected chi connectivity index (χ1v) is 7.06. The average Bonchev–Trinajstić information content (AvgIpc) is 2.50. The monoisotopic (exact) mass is 337 g/mol. The molecule has 2 aromatic rings. The zero-order valence-electron chi connectivity index (χ0n) is 12.7. The molecule has 0 aliphatic rings. The molecular weight excluding hydrogens is 321 g/mol. The van der Waals surface area contributed by atoms with E-state index in [1.165, 1.54) is 18.2 Å². The fraction of sp³-hybridized carbons (Fsp3) is 0.125. The van der Waals surface area contributed by atoms with Crippen LogP contribution in [-0.2, 0) is 0 Å². The number of amides is 3. The number of imide groups is 1. The Labute approximate surface area is 138 Å². The number of nitrogens with one attached hydrogen (secondary N) is 3. The van der Waals surface area contributed by atoms with E-state index in [4.69, 9.17) is 11.6 Å². The highest BCUT2D eigenvalue weighted by Crippen LogP contribution is 2.13.